The topological polar surface area (TPSA) is 63.9 Å². The van der Waals surface area contributed by atoms with Gasteiger partial charge in [-0.1, -0.05) is 13.8 Å². The summed E-state index contributed by atoms with van der Waals surface area (Å²) in [5.74, 6) is 4.89. The van der Waals surface area contributed by atoms with Crippen LogP contribution in [0.1, 0.15) is 78.6 Å². The van der Waals surface area contributed by atoms with Crippen molar-refractivity contribution in [3.05, 3.63) is 0 Å². The molecule has 2 heterocycles. The van der Waals surface area contributed by atoms with E-state index in [1.165, 1.54) is 32.2 Å². The van der Waals surface area contributed by atoms with Gasteiger partial charge in [0.25, 0.3) is 0 Å². The van der Waals surface area contributed by atoms with Crippen LogP contribution in [0.4, 0.5) is 0 Å². The maximum atomic E-state index is 11.8. The molecule has 0 radical (unpaired) electrons. The predicted molar refractivity (Wildman–Crippen MR) is 121 cm³/mol. The third-order valence-corrected chi connectivity index (χ3v) is 12.0. The molecule has 0 aromatic heterocycles. The predicted octanol–water partition coefficient (Wildman–Crippen LogP) is 3.68. The molecular weight excluding hydrogens is 386 g/mol. The molecule has 6 aliphatic rings. The SMILES string of the molecule is C[C@H]1CCC2N(C1)C[C@H]1C3CC4[C@@H](CC(O)C5C[C@@H](O)CC[C@@]54C)C3CCC1[C@]2(C)O. The molecule has 0 spiro atoms. The lowest BCUT2D eigenvalue weighted by molar-refractivity contribution is -0.176. The maximum absolute atomic E-state index is 11.8. The molecular formula is C27H45NO3. The first-order chi connectivity index (χ1) is 14.7. The molecule has 176 valence electrons. The van der Waals surface area contributed by atoms with Gasteiger partial charge in [0, 0.05) is 19.1 Å². The van der Waals surface area contributed by atoms with Crippen LogP contribution in [0, 0.1) is 52.8 Å². The minimum atomic E-state index is -0.553. The summed E-state index contributed by atoms with van der Waals surface area (Å²) in [5, 5.41) is 33.3. The molecule has 4 aliphatic carbocycles. The molecule has 0 bridgehead atoms. The van der Waals surface area contributed by atoms with Crippen LogP contribution in [-0.2, 0) is 0 Å². The summed E-state index contributed by atoms with van der Waals surface area (Å²) in [7, 11) is 0. The second kappa shape index (κ2) is 7.17. The molecule has 3 N–H and O–H groups in total. The van der Waals surface area contributed by atoms with E-state index in [-0.39, 0.29) is 23.5 Å². The number of rotatable bonds is 0. The smallest absolute Gasteiger partial charge is 0.0805 e. The van der Waals surface area contributed by atoms with Crippen LogP contribution in [0.15, 0.2) is 0 Å². The van der Waals surface area contributed by atoms with E-state index in [4.69, 9.17) is 0 Å². The van der Waals surface area contributed by atoms with E-state index in [9.17, 15) is 15.3 Å². The molecule has 6 fully saturated rings. The number of fused-ring (bicyclic) bond motifs is 8. The Morgan fingerprint density at radius 3 is 2.35 bits per heavy atom. The number of aliphatic hydroxyl groups excluding tert-OH is 2. The third kappa shape index (κ3) is 3.00. The fourth-order valence-electron chi connectivity index (χ4n) is 10.6. The lowest BCUT2D eigenvalue weighted by Crippen LogP contribution is -2.67. The largest absolute Gasteiger partial charge is 0.393 e. The van der Waals surface area contributed by atoms with E-state index < -0.39 is 5.60 Å². The Hall–Kier alpha value is -0.160. The van der Waals surface area contributed by atoms with Crippen molar-refractivity contribution in [2.24, 2.45) is 52.8 Å². The van der Waals surface area contributed by atoms with Crippen molar-refractivity contribution in [1.29, 1.82) is 0 Å². The van der Waals surface area contributed by atoms with Crippen molar-refractivity contribution in [2.75, 3.05) is 13.1 Å². The van der Waals surface area contributed by atoms with E-state index in [1.54, 1.807) is 0 Å². The first-order valence-electron chi connectivity index (χ1n) is 13.5. The highest BCUT2D eigenvalue weighted by Gasteiger charge is 2.64. The standard InChI is InChI=1S/C27H45NO3/c1-15-4-7-25-27(3,31)21-6-5-17-18(20(21)14-28(25)13-15)11-22-19(17)12-24(30)23-10-16(29)8-9-26(22,23)2/h15-25,29-31H,4-14H2,1-3H3/t15-,16-,17?,18?,19-,20-,21?,22?,23?,24?,25?,26+,27-/m0/s1. The number of aliphatic hydroxyl groups is 3. The van der Waals surface area contributed by atoms with E-state index in [0.717, 1.165) is 50.5 Å². The molecule has 0 amide bonds. The van der Waals surface area contributed by atoms with Gasteiger partial charge < -0.3 is 15.3 Å². The van der Waals surface area contributed by atoms with Gasteiger partial charge in [0.1, 0.15) is 0 Å². The van der Waals surface area contributed by atoms with Gasteiger partial charge in [-0.2, -0.15) is 0 Å². The van der Waals surface area contributed by atoms with Gasteiger partial charge in [0.15, 0.2) is 0 Å². The van der Waals surface area contributed by atoms with E-state index in [1.807, 2.05) is 0 Å². The minimum Gasteiger partial charge on any atom is -0.393 e. The zero-order valence-corrected chi connectivity index (χ0v) is 19.9. The maximum Gasteiger partial charge on any atom is 0.0805 e. The van der Waals surface area contributed by atoms with Crippen LogP contribution in [0.3, 0.4) is 0 Å². The Kier molecular flexibility index (Phi) is 4.94. The Bertz CT molecular complexity index is 711. The van der Waals surface area contributed by atoms with Gasteiger partial charge in [0.2, 0.25) is 0 Å². The normalized spacial score (nSPS) is 61.5. The van der Waals surface area contributed by atoms with E-state index >= 15 is 0 Å². The average Bonchev–Trinajstić information content (AvgIpc) is 3.09. The Morgan fingerprint density at radius 1 is 0.742 bits per heavy atom. The van der Waals surface area contributed by atoms with Gasteiger partial charge in [-0.05, 0) is 117 Å². The summed E-state index contributed by atoms with van der Waals surface area (Å²) in [6, 6.07) is 0.355. The first-order valence-corrected chi connectivity index (χ1v) is 13.5. The van der Waals surface area contributed by atoms with Crippen molar-refractivity contribution >= 4 is 0 Å². The summed E-state index contributed by atoms with van der Waals surface area (Å²) in [4.78, 5) is 2.68. The van der Waals surface area contributed by atoms with Crippen LogP contribution in [0.5, 0.6) is 0 Å². The van der Waals surface area contributed by atoms with Crippen molar-refractivity contribution in [2.45, 2.75) is 102 Å². The summed E-state index contributed by atoms with van der Waals surface area (Å²) in [6.45, 7) is 9.36. The van der Waals surface area contributed by atoms with Gasteiger partial charge in [-0.25, -0.2) is 0 Å². The van der Waals surface area contributed by atoms with Crippen LogP contribution >= 0.6 is 0 Å². The summed E-state index contributed by atoms with van der Waals surface area (Å²) in [6.07, 6.45) is 9.43. The van der Waals surface area contributed by atoms with Crippen molar-refractivity contribution < 1.29 is 15.3 Å². The number of nitrogens with zero attached hydrogens (tertiary/aromatic N) is 1. The monoisotopic (exact) mass is 431 g/mol. The molecule has 13 atom stereocenters. The minimum absolute atomic E-state index is 0.188. The second-order valence-electron chi connectivity index (χ2n) is 13.4. The second-order valence-corrected chi connectivity index (χ2v) is 13.4. The zero-order valence-electron chi connectivity index (χ0n) is 19.9. The van der Waals surface area contributed by atoms with Gasteiger partial charge in [0.05, 0.1) is 17.8 Å². The highest BCUT2D eigenvalue weighted by Crippen LogP contribution is 2.67. The lowest BCUT2D eigenvalue weighted by Gasteiger charge is -2.60. The van der Waals surface area contributed by atoms with Crippen molar-refractivity contribution in [1.82, 2.24) is 4.90 Å². The molecule has 4 heteroatoms. The molecule has 0 aromatic carbocycles. The van der Waals surface area contributed by atoms with Crippen LogP contribution < -0.4 is 0 Å². The zero-order chi connectivity index (χ0) is 21.7. The van der Waals surface area contributed by atoms with Crippen LogP contribution in [0.25, 0.3) is 0 Å². The summed E-state index contributed by atoms with van der Waals surface area (Å²) >= 11 is 0. The van der Waals surface area contributed by atoms with Crippen molar-refractivity contribution in [3.63, 3.8) is 0 Å². The van der Waals surface area contributed by atoms with Gasteiger partial charge in [-0.15, -0.1) is 0 Å². The fraction of sp³-hybridized carbons (Fsp3) is 1.00. The molecule has 2 saturated heterocycles. The molecule has 7 unspecified atom stereocenters. The quantitative estimate of drug-likeness (QED) is 0.547. The third-order valence-electron chi connectivity index (χ3n) is 12.0. The number of hydrogen-bond donors (Lipinski definition) is 3. The number of piperidine rings is 2. The molecule has 0 aromatic rings. The van der Waals surface area contributed by atoms with Crippen LogP contribution in [0.2, 0.25) is 0 Å². The van der Waals surface area contributed by atoms with Crippen molar-refractivity contribution in [3.8, 4) is 0 Å². The van der Waals surface area contributed by atoms with Crippen LogP contribution in [-0.4, -0.2) is 57.2 Å². The van der Waals surface area contributed by atoms with E-state index in [0.29, 0.717) is 35.6 Å². The van der Waals surface area contributed by atoms with E-state index in [2.05, 4.69) is 25.7 Å². The Morgan fingerprint density at radius 2 is 1.55 bits per heavy atom. The fourth-order valence-corrected chi connectivity index (χ4v) is 10.6. The van der Waals surface area contributed by atoms with Gasteiger partial charge in [-0.3, -0.25) is 4.90 Å². The van der Waals surface area contributed by atoms with Gasteiger partial charge >= 0.3 is 0 Å². The summed E-state index contributed by atoms with van der Waals surface area (Å²) in [5.41, 5.74) is -0.365. The molecule has 31 heavy (non-hydrogen) atoms. The Labute approximate surface area is 188 Å². The Balaban J connectivity index is 1.30. The molecule has 4 nitrogen and oxygen atoms in total. The lowest BCUT2D eigenvalue weighted by atomic mass is 9.51. The number of hydrogen-bond acceptors (Lipinski definition) is 4. The first kappa shape index (κ1) is 21.4. The average molecular weight is 432 g/mol. The highest BCUT2D eigenvalue weighted by molar-refractivity contribution is 5.14. The highest BCUT2D eigenvalue weighted by atomic mass is 16.3. The molecule has 6 rings (SSSR count). The summed E-state index contributed by atoms with van der Waals surface area (Å²) < 4.78 is 0. The molecule has 2 aliphatic heterocycles. The molecule has 4 saturated carbocycles.